The minimum Gasteiger partial charge on any atom is -0.492 e. The number of halogens is 2. The van der Waals surface area contributed by atoms with E-state index in [4.69, 9.17) is 14.7 Å². The second kappa shape index (κ2) is 10.0. The third-order valence-corrected chi connectivity index (χ3v) is 4.66. The van der Waals surface area contributed by atoms with Crippen LogP contribution in [0, 0.1) is 23.0 Å². The molecule has 28 heavy (non-hydrogen) atoms. The first kappa shape index (κ1) is 20.1. The number of ether oxygens (including phenoxy) is 2. The van der Waals surface area contributed by atoms with Gasteiger partial charge in [-0.2, -0.15) is 5.26 Å². The van der Waals surface area contributed by atoms with Crippen molar-refractivity contribution in [3.63, 3.8) is 0 Å². The van der Waals surface area contributed by atoms with E-state index in [1.807, 2.05) is 12.1 Å². The third kappa shape index (κ3) is 5.91. The Kier molecular flexibility index (Phi) is 7.18. The zero-order valence-corrected chi connectivity index (χ0v) is 15.6. The van der Waals surface area contributed by atoms with E-state index in [9.17, 15) is 8.78 Å². The molecule has 7 heteroatoms. The Hall–Kier alpha value is -2.69. The molecule has 3 rings (SSSR count). The van der Waals surface area contributed by atoms with Crippen molar-refractivity contribution in [2.75, 3.05) is 52.5 Å². The Balaban J connectivity index is 1.31. The van der Waals surface area contributed by atoms with Crippen LogP contribution in [0.1, 0.15) is 5.56 Å². The van der Waals surface area contributed by atoms with E-state index in [2.05, 4.69) is 15.9 Å². The molecule has 1 aliphatic heterocycles. The molecule has 0 unspecified atom stereocenters. The van der Waals surface area contributed by atoms with Crippen molar-refractivity contribution in [2.45, 2.75) is 0 Å². The molecule has 0 radical (unpaired) electrons. The van der Waals surface area contributed by atoms with Crippen LogP contribution < -0.4 is 9.47 Å². The number of hydrogen-bond donors (Lipinski definition) is 0. The second-order valence-corrected chi connectivity index (χ2v) is 6.59. The molecule has 0 saturated carbocycles. The van der Waals surface area contributed by atoms with Crippen LogP contribution in [-0.4, -0.2) is 62.3 Å². The Morgan fingerprint density at radius 2 is 1.57 bits per heavy atom. The highest BCUT2D eigenvalue weighted by Crippen LogP contribution is 2.17. The van der Waals surface area contributed by atoms with Gasteiger partial charge in [-0.05, 0) is 30.3 Å². The Morgan fingerprint density at radius 3 is 2.21 bits per heavy atom. The summed E-state index contributed by atoms with van der Waals surface area (Å²) in [6.45, 7) is 6.10. The van der Waals surface area contributed by atoms with E-state index in [0.29, 0.717) is 31.1 Å². The minimum atomic E-state index is -0.676. The summed E-state index contributed by atoms with van der Waals surface area (Å²) >= 11 is 0. The fourth-order valence-electron chi connectivity index (χ4n) is 3.06. The molecule has 2 aromatic carbocycles. The largest absolute Gasteiger partial charge is 0.492 e. The van der Waals surface area contributed by atoms with Crippen LogP contribution in [0.2, 0.25) is 0 Å². The van der Waals surface area contributed by atoms with E-state index in [1.165, 1.54) is 12.1 Å². The molecule has 0 spiro atoms. The summed E-state index contributed by atoms with van der Waals surface area (Å²) in [6, 6.07) is 12.6. The van der Waals surface area contributed by atoms with E-state index < -0.39 is 11.6 Å². The van der Waals surface area contributed by atoms with Gasteiger partial charge in [0.05, 0.1) is 11.6 Å². The lowest BCUT2D eigenvalue weighted by Crippen LogP contribution is -2.48. The van der Waals surface area contributed by atoms with Crippen LogP contribution in [0.3, 0.4) is 0 Å². The van der Waals surface area contributed by atoms with Crippen LogP contribution in [0.25, 0.3) is 0 Å². The van der Waals surface area contributed by atoms with Gasteiger partial charge in [-0.1, -0.05) is 6.07 Å². The number of piperazine rings is 1. The summed E-state index contributed by atoms with van der Waals surface area (Å²) in [5, 5.41) is 8.91. The fourth-order valence-corrected chi connectivity index (χ4v) is 3.06. The molecule has 148 valence electrons. The SMILES string of the molecule is N#Cc1cccc(OCCN2CCN(CCOc3ccc(F)cc3F)CC2)c1. The van der Waals surface area contributed by atoms with Crippen molar-refractivity contribution >= 4 is 0 Å². The molecule has 0 bridgehead atoms. The molecule has 1 fully saturated rings. The quantitative estimate of drug-likeness (QED) is 0.697. The third-order valence-electron chi connectivity index (χ3n) is 4.66. The number of benzene rings is 2. The molecule has 5 nitrogen and oxygen atoms in total. The molecular formula is C21H23F2N3O2. The van der Waals surface area contributed by atoms with Gasteiger partial charge >= 0.3 is 0 Å². The number of nitrogens with zero attached hydrogens (tertiary/aromatic N) is 3. The van der Waals surface area contributed by atoms with Crippen molar-refractivity contribution in [2.24, 2.45) is 0 Å². The molecule has 1 saturated heterocycles. The summed E-state index contributed by atoms with van der Waals surface area (Å²) in [5.41, 5.74) is 0.592. The number of rotatable bonds is 8. The summed E-state index contributed by atoms with van der Waals surface area (Å²) < 4.78 is 37.6. The highest BCUT2D eigenvalue weighted by Gasteiger charge is 2.16. The van der Waals surface area contributed by atoms with Gasteiger partial charge in [0.2, 0.25) is 0 Å². The van der Waals surface area contributed by atoms with Gasteiger partial charge in [0.25, 0.3) is 0 Å². The van der Waals surface area contributed by atoms with E-state index >= 15 is 0 Å². The lowest BCUT2D eigenvalue weighted by Gasteiger charge is -2.34. The average Bonchev–Trinajstić information content (AvgIpc) is 2.71. The maximum absolute atomic E-state index is 13.5. The number of hydrogen-bond acceptors (Lipinski definition) is 5. The predicted molar refractivity (Wildman–Crippen MR) is 101 cm³/mol. The highest BCUT2D eigenvalue weighted by atomic mass is 19.1. The van der Waals surface area contributed by atoms with Crippen molar-refractivity contribution in [1.29, 1.82) is 5.26 Å². The Bertz CT molecular complexity index is 818. The zero-order chi connectivity index (χ0) is 19.8. The lowest BCUT2D eigenvalue weighted by atomic mass is 10.2. The van der Waals surface area contributed by atoms with Gasteiger partial charge in [-0.25, -0.2) is 8.78 Å². The normalized spacial score (nSPS) is 15.2. The molecule has 2 aromatic rings. The Morgan fingerprint density at radius 1 is 0.893 bits per heavy atom. The average molecular weight is 387 g/mol. The summed E-state index contributed by atoms with van der Waals surface area (Å²) in [7, 11) is 0. The van der Waals surface area contributed by atoms with Crippen LogP contribution in [0.4, 0.5) is 8.78 Å². The molecule has 1 heterocycles. The molecule has 0 aliphatic carbocycles. The van der Waals surface area contributed by atoms with Crippen molar-refractivity contribution < 1.29 is 18.3 Å². The van der Waals surface area contributed by atoms with Crippen LogP contribution in [0.5, 0.6) is 11.5 Å². The van der Waals surface area contributed by atoms with Gasteiger partial charge in [0.15, 0.2) is 11.6 Å². The molecule has 0 N–H and O–H groups in total. The molecule has 0 aromatic heterocycles. The first-order valence-electron chi connectivity index (χ1n) is 9.29. The summed E-state index contributed by atoms with van der Waals surface area (Å²) in [6.07, 6.45) is 0. The van der Waals surface area contributed by atoms with Gasteiger partial charge in [0, 0.05) is 45.3 Å². The van der Waals surface area contributed by atoms with E-state index in [1.54, 1.807) is 12.1 Å². The fraction of sp³-hybridized carbons (Fsp3) is 0.381. The molecule has 0 atom stereocenters. The summed E-state index contributed by atoms with van der Waals surface area (Å²) in [5.74, 6) is -0.492. The highest BCUT2D eigenvalue weighted by molar-refractivity contribution is 5.36. The molecule has 0 amide bonds. The zero-order valence-electron chi connectivity index (χ0n) is 15.6. The molecule has 1 aliphatic rings. The monoisotopic (exact) mass is 387 g/mol. The van der Waals surface area contributed by atoms with Crippen molar-refractivity contribution in [3.05, 3.63) is 59.7 Å². The van der Waals surface area contributed by atoms with Crippen LogP contribution in [0.15, 0.2) is 42.5 Å². The predicted octanol–water partition coefficient (Wildman–Crippen LogP) is 2.91. The standard InChI is InChI=1S/C21H23F2N3O2/c22-18-4-5-21(20(23)15-18)28-13-11-26-8-6-25(7-9-26)10-12-27-19-3-1-2-17(14-19)16-24/h1-5,14-15H,6-13H2. The van der Waals surface area contributed by atoms with E-state index in [-0.39, 0.29) is 5.75 Å². The van der Waals surface area contributed by atoms with E-state index in [0.717, 1.165) is 38.8 Å². The number of nitriles is 1. The van der Waals surface area contributed by atoms with Crippen LogP contribution in [-0.2, 0) is 0 Å². The first-order chi connectivity index (χ1) is 13.6. The maximum atomic E-state index is 13.5. The van der Waals surface area contributed by atoms with Gasteiger partial charge in [-0.15, -0.1) is 0 Å². The van der Waals surface area contributed by atoms with Crippen LogP contribution >= 0.6 is 0 Å². The van der Waals surface area contributed by atoms with Gasteiger partial charge in [0.1, 0.15) is 24.8 Å². The summed E-state index contributed by atoms with van der Waals surface area (Å²) in [4.78, 5) is 4.58. The van der Waals surface area contributed by atoms with Gasteiger partial charge in [-0.3, -0.25) is 9.80 Å². The maximum Gasteiger partial charge on any atom is 0.167 e. The molecular weight excluding hydrogens is 364 g/mol. The minimum absolute atomic E-state index is 0.0812. The van der Waals surface area contributed by atoms with Crippen molar-refractivity contribution in [1.82, 2.24) is 9.80 Å². The second-order valence-electron chi connectivity index (χ2n) is 6.59. The first-order valence-corrected chi connectivity index (χ1v) is 9.29. The lowest BCUT2D eigenvalue weighted by molar-refractivity contribution is 0.104. The topological polar surface area (TPSA) is 48.7 Å². The van der Waals surface area contributed by atoms with Crippen molar-refractivity contribution in [3.8, 4) is 17.6 Å². The Labute approximate surface area is 163 Å². The van der Waals surface area contributed by atoms with Gasteiger partial charge < -0.3 is 9.47 Å². The smallest absolute Gasteiger partial charge is 0.167 e.